The van der Waals surface area contributed by atoms with Crippen molar-refractivity contribution in [2.75, 3.05) is 31.9 Å². The van der Waals surface area contributed by atoms with Gasteiger partial charge in [0, 0.05) is 36.2 Å². The third-order valence-corrected chi connectivity index (χ3v) is 5.11. The third kappa shape index (κ3) is 4.66. The van der Waals surface area contributed by atoms with Gasteiger partial charge in [0.2, 0.25) is 0 Å². The number of halogens is 4. The predicted octanol–water partition coefficient (Wildman–Crippen LogP) is 3.63. The first kappa shape index (κ1) is 19.8. The second-order valence-corrected chi connectivity index (χ2v) is 7.06. The fourth-order valence-electron chi connectivity index (χ4n) is 3.21. The molecule has 1 fully saturated rings. The van der Waals surface area contributed by atoms with Crippen LogP contribution in [0, 0.1) is 0 Å². The van der Waals surface area contributed by atoms with Crippen molar-refractivity contribution in [2.24, 2.45) is 0 Å². The molecule has 0 saturated carbocycles. The summed E-state index contributed by atoms with van der Waals surface area (Å²) in [5.41, 5.74) is 7.44. The van der Waals surface area contributed by atoms with Crippen molar-refractivity contribution >= 4 is 21.6 Å². The van der Waals surface area contributed by atoms with Crippen molar-refractivity contribution in [3.05, 3.63) is 52.0 Å². The van der Waals surface area contributed by atoms with Crippen LogP contribution in [-0.4, -0.2) is 42.5 Å². The van der Waals surface area contributed by atoms with Gasteiger partial charge in [0.1, 0.15) is 11.5 Å². The highest BCUT2D eigenvalue weighted by Gasteiger charge is 2.32. The Morgan fingerprint density at radius 1 is 1.11 bits per heavy atom. The lowest BCUT2D eigenvalue weighted by Crippen LogP contribution is -2.45. The van der Waals surface area contributed by atoms with Crippen molar-refractivity contribution in [1.29, 1.82) is 0 Å². The van der Waals surface area contributed by atoms with Gasteiger partial charge in [0.25, 0.3) is 0 Å². The second kappa shape index (κ2) is 7.95. The second-order valence-electron chi connectivity index (χ2n) is 6.20. The Hall–Kier alpha value is -1.97. The average Bonchev–Trinajstić information content (AvgIpc) is 2.62. The van der Waals surface area contributed by atoms with E-state index in [4.69, 9.17) is 5.73 Å². The Morgan fingerprint density at radius 3 is 2.33 bits per heavy atom. The number of ether oxygens (including phenoxy) is 1. The summed E-state index contributed by atoms with van der Waals surface area (Å²) < 4.78 is 41.9. The van der Waals surface area contributed by atoms with Crippen molar-refractivity contribution in [1.82, 2.24) is 10.2 Å². The molecule has 5 nitrogen and oxygen atoms in total. The van der Waals surface area contributed by atoms with Gasteiger partial charge in [-0.25, -0.2) is 0 Å². The number of aromatic hydroxyl groups is 1. The topological polar surface area (TPSA) is 70.8 Å². The molecule has 1 saturated heterocycles. The molecule has 9 heteroatoms. The smallest absolute Gasteiger partial charge is 0.505 e. The van der Waals surface area contributed by atoms with Gasteiger partial charge in [0.15, 0.2) is 0 Å². The number of alkyl halides is 3. The van der Waals surface area contributed by atoms with Crippen LogP contribution in [0.15, 0.2) is 40.9 Å². The maximum absolute atomic E-state index is 12.4. The van der Waals surface area contributed by atoms with Gasteiger partial charge in [-0.15, -0.1) is 13.2 Å². The number of rotatable bonds is 4. The fraction of sp³-hybridized carbons (Fsp3) is 0.333. The van der Waals surface area contributed by atoms with Gasteiger partial charge >= 0.3 is 6.36 Å². The monoisotopic (exact) mass is 445 g/mol. The molecule has 1 aliphatic heterocycles. The first-order chi connectivity index (χ1) is 12.8. The Bertz CT molecular complexity index is 794. The zero-order chi connectivity index (χ0) is 19.6. The van der Waals surface area contributed by atoms with Crippen LogP contribution in [0.4, 0.5) is 18.9 Å². The van der Waals surface area contributed by atoms with E-state index in [0.717, 1.165) is 18.7 Å². The molecular formula is C18H19BrF3N3O2. The third-order valence-electron chi connectivity index (χ3n) is 4.41. The van der Waals surface area contributed by atoms with Gasteiger partial charge in [-0.2, -0.15) is 0 Å². The van der Waals surface area contributed by atoms with Crippen LogP contribution >= 0.6 is 15.9 Å². The minimum atomic E-state index is -4.74. The quantitative estimate of drug-likeness (QED) is 0.495. The number of anilines is 1. The fourth-order valence-corrected chi connectivity index (χ4v) is 3.75. The highest BCUT2D eigenvalue weighted by Crippen LogP contribution is 2.42. The number of nitrogens with zero attached hydrogens (tertiary/aromatic N) is 1. The standard InChI is InChI=1S/C18H19BrF3N3O2/c19-13-5-6-14(23)17(26)15(13)16(25-9-7-24-8-10-25)11-1-3-12(4-2-11)27-18(20,21)22/h1-6,16,24,26H,7-10,23H2/t16-/m1/s1. The van der Waals surface area contributed by atoms with Crippen LogP contribution in [0.25, 0.3) is 0 Å². The predicted molar refractivity (Wildman–Crippen MR) is 99.6 cm³/mol. The number of nitrogens with two attached hydrogens (primary N) is 1. The lowest BCUT2D eigenvalue weighted by Gasteiger charge is -2.36. The number of hydrogen-bond donors (Lipinski definition) is 3. The molecule has 0 radical (unpaired) electrons. The lowest BCUT2D eigenvalue weighted by molar-refractivity contribution is -0.274. The first-order valence-corrected chi connectivity index (χ1v) is 9.13. The van der Waals surface area contributed by atoms with Gasteiger partial charge in [-0.05, 0) is 29.8 Å². The van der Waals surface area contributed by atoms with Crippen molar-refractivity contribution in [3.8, 4) is 11.5 Å². The van der Waals surface area contributed by atoms with Crippen molar-refractivity contribution in [3.63, 3.8) is 0 Å². The molecule has 0 bridgehead atoms. The van der Waals surface area contributed by atoms with Crippen LogP contribution in [0.2, 0.25) is 0 Å². The Kier molecular flexibility index (Phi) is 5.83. The number of phenolic OH excluding ortho intramolecular Hbond substituents is 1. The molecule has 0 aliphatic carbocycles. The first-order valence-electron chi connectivity index (χ1n) is 8.33. The van der Waals surface area contributed by atoms with E-state index in [1.54, 1.807) is 24.3 Å². The minimum absolute atomic E-state index is 0.0384. The maximum atomic E-state index is 12.4. The number of phenols is 1. The van der Waals surface area contributed by atoms with Gasteiger partial charge < -0.3 is 20.9 Å². The molecule has 0 amide bonds. The van der Waals surface area contributed by atoms with Crippen LogP contribution in [0.1, 0.15) is 17.2 Å². The summed E-state index contributed by atoms with van der Waals surface area (Å²) >= 11 is 3.47. The number of piperazine rings is 1. The number of hydrogen-bond acceptors (Lipinski definition) is 5. The van der Waals surface area contributed by atoms with Gasteiger partial charge in [-0.1, -0.05) is 28.1 Å². The largest absolute Gasteiger partial charge is 0.573 e. The van der Waals surface area contributed by atoms with Crippen LogP contribution in [0.3, 0.4) is 0 Å². The minimum Gasteiger partial charge on any atom is -0.505 e. The average molecular weight is 446 g/mol. The summed E-state index contributed by atoms with van der Waals surface area (Å²) in [7, 11) is 0. The zero-order valence-corrected chi connectivity index (χ0v) is 15.8. The summed E-state index contributed by atoms with van der Waals surface area (Å²) in [4.78, 5) is 2.15. The summed E-state index contributed by atoms with van der Waals surface area (Å²) in [6.45, 7) is 2.97. The van der Waals surface area contributed by atoms with Gasteiger partial charge in [0.05, 0.1) is 11.7 Å². The summed E-state index contributed by atoms with van der Waals surface area (Å²) in [5, 5.41) is 13.8. The number of benzene rings is 2. The molecule has 0 unspecified atom stereocenters. The Balaban J connectivity index is 2.02. The SMILES string of the molecule is Nc1ccc(Br)c([C@@H](c2ccc(OC(F)(F)F)cc2)N2CCNCC2)c1O. The van der Waals surface area contributed by atoms with E-state index in [-0.39, 0.29) is 23.2 Å². The molecule has 2 aromatic rings. The molecular weight excluding hydrogens is 427 g/mol. The number of nitrogen functional groups attached to an aromatic ring is 1. The Morgan fingerprint density at radius 2 is 1.74 bits per heavy atom. The zero-order valence-electron chi connectivity index (χ0n) is 14.3. The molecule has 1 atom stereocenters. The summed E-state index contributed by atoms with van der Waals surface area (Å²) in [6, 6.07) is 8.67. The molecule has 1 heterocycles. The number of nitrogens with one attached hydrogen (secondary N) is 1. The lowest BCUT2D eigenvalue weighted by atomic mass is 9.95. The van der Waals surface area contributed by atoms with Crippen molar-refractivity contribution in [2.45, 2.75) is 12.4 Å². The summed E-state index contributed by atoms with van der Waals surface area (Å²) in [5.74, 6) is -0.329. The van der Waals surface area contributed by atoms with E-state index in [1.165, 1.54) is 12.1 Å². The van der Waals surface area contributed by atoms with Crippen LogP contribution in [0.5, 0.6) is 11.5 Å². The van der Waals surface area contributed by atoms with E-state index in [2.05, 4.69) is 30.9 Å². The van der Waals surface area contributed by atoms with Gasteiger partial charge in [-0.3, -0.25) is 4.90 Å². The van der Waals surface area contributed by atoms with E-state index < -0.39 is 6.36 Å². The van der Waals surface area contributed by atoms with E-state index in [9.17, 15) is 18.3 Å². The highest BCUT2D eigenvalue weighted by molar-refractivity contribution is 9.10. The molecule has 0 aromatic heterocycles. The molecule has 1 aliphatic rings. The molecule has 27 heavy (non-hydrogen) atoms. The molecule has 0 spiro atoms. The van der Waals surface area contributed by atoms with E-state index in [1.807, 2.05) is 0 Å². The molecule has 4 N–H and O–H groups in total. The highest BCUT2D eigenvalue weighted by atomic mass is 79.9. The van der Waals surface area contributed by atoms with Crippen LogP contribution in [-0.2, 0) is 0 Å². The Labute approximate surface area is 163 Å². The van der Waals surface area contributed by atoms with Crippen LogP contribution < -0.4 is 15.8 Å². The molecule has 3 rings (SSSR count). The molecule has 146 valence electrons. The maximum Gasteiger partial charge on any atom is 0.573 e. The summed E-state index contributed by atoms with van der Waals surface area (Å²) in [6.07, 6.45) is -4.74. The normalized spacial score (nSPS) is 16.9. The molecule has 2 aromatic carbocycles. The van der Waals surface area contributed by atoms with E-state index in [0.29, 0.717) is 23.1 Å². The van der Waals surface area contributed by atoms with E-state index >= 15 is 0 Å². The van der Waals surface area contributed by atoms with Crippen molar-refractivity contribution < 1.29 is 23.0 Å².